The average Bonchev–Trinajstić information content (AvgIpc) is 2.96. The number of nitrogens with zero attached hydrogens (tertiary/aromatic N) is 4. The summed E-state index contributed by atoms with van der Waals surface area (Å²) in [4.78, 5) is 11.6. The van der Waals surface area contributed by atoms with Gasteiger partial charge in [-0.3, -0.25) is 0 Å². The molecule has 86 valence electrons. The Morgan fingerprint density at radius 3 is 2.94 bits per heavy atom. The molecule has 6 heteroatoms. The Kier molecular flexibility index (Phi) is 2.07. The monoisotopic (exact) mass is 229 g/mol. The number of aromatic amines is 1. The van der Waals surface area contributed by atoms with Crippen LogP contribution in [0.4, 0.5) is 0 Å². The number of fused-ring (bicyclic) bond motifs is 1. The average molecular weight is 229 g/mol. The van der Waals surface area contributed by atoms with Gasteiger partial charge in [-0.1, -0.05) is 0 Å². The van der Waals surface area contributed by atoms with Crippen molar-refractivity contribution >= 4 is 10.9 Å². The minimum atomic E-state index is 0.710. The van der Waals surface area contributed by atoms with Crippen LogP contribution in [0.5, 0.6) is 5.75 Å². The minimum absolute atomic E-state index is 0.710. The van der Waals surface area contributed by atoms with E-state index in [-0.39, 0.29) is 0 Å². The molecule has 17 heavy (non-hydrogen) atoms. The molecule has 0 saturated heterocycles. The van der Waals surface area contributed by atoms with Gasteiger partial charge in [0.15, 0.2) is 5.82 Å². The number of H-pyrrole nitrogens is 1. The van der Waals surface area contributed by atoms with Crippen molar-refractivity contribution in [2.24, 2.45) is 0 Å². The summed E-state index contributed by atoms with van der Waals surface area (Å²) in [5.74, 6) is 2.16. The molecular formula is C11H11N5O. The van der Waals surface area contributed by atoms with Crippen molar-refractivity contribution in [3.05, 3.63) is 30.6 Å². The molecule has 0 aliphatic heterocycles. The van der Waals surface area contributed by atoms with Crippen molar-refractivity contribution in [1.82, 2.24) is 24.7 Å². The van der Waals surface area contributed by atoms with Crippen LogP contribution in [0.2, 0.25) is 0 Å². The number of aromatic nitrogens is 5. The van der Waals surface area contributed by atoms with Crippen LogP contribution in [-0.2, 0) is 0 Å². The lowest BCUT2D eigenvalue weighted by Gasteiger charge is -2.05. The number of nitrogens with one attached hydrogen (secondary N) is 1. The highest BCUT2D eigenvalue weighted by Gasteiger charge is 2.11. The van der Waals surface area contributed by atoms with Crippen molar-refractivity contribution in [3.8, 4) is 11.6 Å². The highest BCUT2D eigenvalue weighted by Crippen LogP contribution is 2.26. The van der Waals surface area contributed by atoms with E-state index in [1.54, 1.807) is 24.3 Å². The van der Waals surface area contributed by atoms with Crippen LogP contribution in [0.3, 0.4) is 0 Å². The van der Waals surface area contributed by atoms with Gasteiger partial charge in [-0.25, -0.2) is 14.6 Å². The van der Waals surface area contributed by atoms with E-state index in [4.69, 9.17) is 4.74 Å². The van der Waals surface area contributed by atoms with Crippen LogP contribution >= 0.6 is 0 Å². The molecule has 0 spiro atoms. The van der Waals surface area contributed by atoms with E-state index in [0.717, 1.165) is 16.7 Å². The Balaban J connectivity index is 2.27. The van der Waals surface area contributed by atoms with Gasteiger partial charge in [-0.05, 0) is 13.0 Å². The quantitative estimate of drug-likeness (QED) is 0.722. The smallest absolute Gasteiger partial charge is 0.179 e. The Labute approximate surface area is 97.3 Å². The van der Waals surface area contributed by atoms with Gasteiger partial charge in [0, 0.05) is 11.6 Å². The van der Waals surface area contributed by atoms with E-state index in [1.807, 2.05) is 19.2 Å². The van der Waals surface area contributed by atoms with Crippen LogP contribution < -0.4 is 4.74 Å². The van der Waals surface area contributed by atoms with Crippen molar-refractivity contribution in [2.75, 3.05) is 7.11 Å². The second-order valence-electron chi connectivity index (χ2n) is 3.65. The number of aryl methyl sites for hydroxylation is 1. The third-order valence-corrected chi connectivity index (χ3v) is 2.58. The van der Waals surface area contributed by atoms with E-state index in [1.165, 1.54) is 0 Å². The second-order valence-corrected chi connectivity index (χ2v) is 3.65. The zero-order chi connectivity index (χ0) is 11.8. The Bertz CT molecular complexity index is 669. The second kappa shape index (κ2) is 3.58. The minimum Gasteiger partial charge on any atom is -0.494 e. The fourth-order valence-corrected chi connectivity index (χ4v) is 1.80. The molecule has 6 nitrogen and oxygen atoms in total. The maximum atomic E-state index is 5.25. The summed E-state index contributed by atoms with van der Waals surface area (Å²) in [7, 11) is 1.63. The van der Waals surface area contributed by atoms with Gasteiger partial charge in [-0.2, -0.15) is 5.10 Å². The molecule has 0 unspecified atom stereocenters. The molecular weight excluding hydrogens is 218 g/mol. The van der Waals surface area contributed by atoms with Crippen LogP contribution in [0.25, 0.3) is 16.7 Å². The number of pyridine rings is 1. The molecule has 0 fully saturated rings. The zero-order valence-electron chi connectivity index (χ0n) is 9.51. The van der Waals surface area contributed by atoms with E-state index in [2.05, 4.69) is 20.1 Å². The van der Waals surface area contributed by atoms with Gasteiger partial charge >= 0.3 is 0 Å². The first-order valence-electron chi connectivity index (χ1n) is 5.18. The van der Waals surface area contributed by atoms with Crippen LogP contribution in [0, 0.1) is 6.92 Å². The predicted octanol–water partition coefficient (Wildman–Crippen LogP) is 1.46. The summed E-state index contributed by atoms with van der Waals surface area (Å²) in [6.07, 6.45) is 5.18. The van der Waals surface area contributed by atoms with E-state index in [0.29, 0.717) is 11.6 Å². The van der Waals surface area contributed by atoms with Crippen molar-refractivity contribution in [3.63, 3.8) is 0 Å². The normalized spacial score (nSPS) is 10.9. The van der Waals surface area contributed by atoms with Gasteiger partial charge in [0.1, 0.15) is 17.9 Å². The topological polar surface area (TPSA) is 68.6 Å². The number of methoxy groups -OCH3 is 1. The summed E-state index contributed by atoms with van der Waals surface area (Å²) in [5, 5.41) is 5.23. The summed E-state index contributed by atoms with van der Waals surface area (Å²) in [6.45, 7) is 1.84. The summed E-state index contributed by atoms with van der Waals surface area (Å²) >= 11 is 0. The van der Waals surface area contributed by atoms with Gasteiger partial charge in [-0.15, -0.1) is 0 Å². The number of hydrogen-bond acceptors (Lipinski definition) is 4. The molecule has 0 amide bonds. The molecule has 3 heterocycles. The molecule has 0 radical (unpaired) electrons. The first-order chi connectivity index (χ1) is 8.29. The molecule has 0 atom stereocenters. The van der Waals surface area contributed by atoms with E-state index < -0.39 is 0 Å². The summed E-state index contributed by atoms with van der Waals surface area (Å²) < 4.78 is 6.90. The third kappa shape index (κ3) is 1.45. The lowest BCUT2D eigenvalue weighted by molar-refractivity contribution is 0.418. The van der Waals surface area contributed by atoms with Gasteiger partial charge < -0.3 is 9.72 Å². The lowest BCUT2D eigenvalue weighted by atomic mass is 10.3. The predicted molar refractivity (Wildman–Crippen MR) is 62.3 cm³/mol. The van der Waals surface area contributed by atoms with Gasteiger partial charge in [0.25, 0.3) is 0 Å². The SMILES string of the molecule is COc1cnc(-n2cnc(C)n2)c2[nH]ccc12. The van der Waals surface area contributed by atoms with E-state index >= 15 is 0 Å². The molecule has 0 aliphatic carbocycles. The standard InChI is InChI=1S/C11H11N5O/c1-7-14-6-16(15-7)11-10-8(3-4-12-10)9(17-2)5-13-11/h3-6,12H,1-2H3. The molecule has 3 aromatic heterocycles. The Hall–Kier alpha value is -2.37. The number of ether oxygens (including phenoxy) is 1. The zero-order valence-corrected chi connectivity index (χ0v) is 9.51. The molecule has 1 N–H and O–H groups in total. The summed E-state index contributed by atoms with van der Waals surface area (Å²) in [5.41, 5.74) is 0.884. The van der Waals surface area contributed by atoms with Gasteiger partial charge in [0.05, 0.1) is 18.8 Å². The molecule has 0 saturated carbocycles. The van der Waals surface area contributed by atoms with Crippen LogP contribution in [0.15, 0.2) is 24.8 Å². The first kappa shape index (κ1) is 9.83. The highest BCUT2D eigenvalue weighted by molar-refractivity contribution is 5.90. The fourth-order valence-electron chi connectivity index (χ4n) is 1.80. The number of rotatable bonds is 2. The fraction of sp³-hybridized carbons (Fsp3) is 0.182. The van der Waals surface area contributed by atoms with Crippen LogP contribution in [0.1, 0.15) is 5.82 Å². The van der Waals surface area contributed by atoms with E-state index in [9.17, 15) is 0 Å². The highest BCUT2D eigenvalue weighted by atomic mass is 16.5. The first-order valence-corrected chi connectivity index (χ1v) is 5.18. The van der Waals surface area contributed by atoms with Crippen molar-refractivity contribution < 1.29 is 4.74 Å². The lowest BCUT2D eigenvalue weighted by Crippen LogP contribution is -2.00. The van der Waals surface area contributed by atoms with Gasteiger partial charge in [0.2, 0.25) is 0 Å². The Morgan fingerprint density at radius 2 is 2.24 bits per heavy atom. The number of hydrogen-bond donors (Lipinski definition) is 1. The van der Waals surface area contributed by atoms with Crippen LogP contribution in [-0.4, -0.2) is 31.8 Å². The summed E-state index contributed by atoms with van der Waals surface area (Å²) in [6, 6.07) is 1.95. The third-order valence-electron chi connectivity index (χ3n) is 2.58. The van der Waals surface area contributed by atoms with Crippen molar-refractivity contribution in [2.45, 2.75) is 6.92 Å². The van der Waals surface area contributed by atoms with Crippen molar-refractivity contribution in [1.29, 1.82) is 0 Å². The molecule has 0 aliphatic rings. The molecule has 3 rings (SSSR count). The maximum Gasteiger partial charge on any atom is 0.179 e. The molecule has 3 aromatic rings. The maximum absolute atomic E-state index is 5.25. The largest absolute Gasteiger partial charge is 0.494 e. The Morgan fingerprint density at radius 1 is 1.35 bits per heavy atom. The molecule has 0 aromatic carbocycles. The molecule has 0 bridgehead atoms.